The smallest absolute Gasteiger partial charge is 0.150 e. The summed E-state index contributed by atoms with van der Waals surface area (Å²) in [4.78, 5) is 2.16. The second kappa shape index (κ2) is 6.29. The number of nitrogen functional groups attached to an aromatic ring is 1. The first-order chi connectivity index (χ1) is 8.52. The molecule has 0 bridgehead atoms. The summed E-state index contributed by atoms with van der Waals surface area (Å²) in [5.41, 5.74) is 7.73. The first-order valence-electron chi connectivity index (χ1n) is 6.49. The van der Waals surface area contributed by atoms with Gasteiger partial charge in [-0.15, -0.1) is 0 Å². The molecule has 1 heterocycles. The van der Waals surface area contributed by atoms with Crippen molar-refractivity contribution in [1.82, 2.24) is 9.78 Å². The van der Waals surface area contributed by atoms with Crippen LogP contribution in [0.4, 0.5) is 11.5 Å². The third kappa shape index (κ3) is 2.95. The standard InChI is InChI=1S/C13H23N5/c1-5-8-18-13(12(15)11(4)16-18)17(10(2)3)9-6-7-14/h10H,5-6,8-9,15H2,1-4H3. The van der Waals surface area contributed by atoms with Gasteiger partial charge < -0.3 is 10.6 Å². The molecule has 0 saturated carbocycles. The quantitative estimate of drug-likeness (QED) is 0.839. The Kier molecular flexibility index (Phi) is 5.02. The predicted octanol–water partition coefficient (Wildman–Crippen LogP) is 2.31. The van der Waals surface area contributed by atoms with Crippen LogP contribution in [0.5, 0.6) is 0 Å². The number of nitrogens with two attached hydrogens (primary N) is 1. The highest BCUT2D eigenvalue weighted by molar-refractivity contribution is 5.66. The Labute approximate surface area is 109 Å². The minimum atomic E-state index is 0.298. The van der Waals surface area contributed by atoms with Crippen molar-refractivity contribution in [3.63, 3.8) is 0 Å². The highest BCUT2D eigenvalue weighted by Gasteiger charge is 2.20. The molecule has 0 saturated heterocycles. The van der Waals surface area contributed by atoms with Gasteiger partial charge in [-0.25, -0.2) is 4.68 Å². The minimum Gasteiger partial charge on any atom is -0.394 e. The molecule has 1 rings (SSSR count). The van der Waals surface area contributed by atoms with Crippen LogP contribution in [0.3, 0.4) is 0 Å². The van der Waals surface area contributed by atoms with Crippen LogP contribution in [0.2, 0.25) is 0 Å². The van der Waals surface area contributed by atoms with Crippen molar-refractivity contribution in [3.8, 4) is 6.07 Å². The lowest BCUT2D eigenvalue weighted by atomic mass is 10.2. The summed E-state index contributed by atoms with van der Waals surface area (Å²) in [6.07, 6.45) is 1.51. The normalized spacial score (nSPS) is 10.7. The number of hydrogen-bond donors (Lipinski definition) is 1. The summed E-state index contributed by atoms with van der Waals surface area (Å²) >= 11 is 0. The Morgan fingerprint density at radius 2 is 2.17 bits per heavy atom. The van der Waals surface area contributed by atoms with E-state index in [0.717, 1.165) is 30.2 Å². The van der Waals surface area contributed by atoms with E-state index in [2.05, 4.69) is 36.8 Å². The van der Waals surface area contributed by atoms with Gasteiger partial charge in [-0.2, -0.15) is 10.4 Å². The monoisotopic (exact) mass is 249 g/mol. The van der Waals surface area contributed by atoms with Crippen LogP contribution < -0.4 is 10.6 Å². The van der Waals surface area contributed by atoms with Gasteiger partial charge in [0.15, 0.2) is 5.82 Å². The fraction of sp³-hybridized carbons (Fsp3) is 0.692. The molecule has 18 heavy (non-hydrogen) atoms. The summed E-state index contributed by atoms with van der Waals surface area (Å²) in [6, 6.07) is 2.49. The zero-order valence-corrected chi connectivity index (χ0v) is 11.8. The van der Waals surface area contributed by atoms with Gasteiger partial charge in [0, 0.05) is 19.1 Å². The molecule has 5 nitrogen and oxygen atoms in total. The number of rotatable bonds is 6. The number of nitrogens with zero attached hydrogens (tertiary/aromatic N) is 4. The number of hydrogen-bond acceptors (Lipinski definition) is 4. The molecule has 0 aromatic carbocycles. The Morgan fingerprint density at radius 1 is 1.50 bits per heavy atom. The third-order valence-electron chi connectivity index (χ3n) is 2.94. The lowest BCUT2D eigenvalue weighted by molar-refractivity contribution is 0.568. The maximum absolute atomic E-state index is 8.76. The molecule has 0 unspecified atom stereocenters. The molecule has 0 aliphatic heterocycles. The van der Waals surface area contributed by atoms with Crippen molar-refractivity contribution < 1.29 is 0 Å². The summed E-state index contributed by atoms with van der Waals surface area (Å²) in [6.45, 7) is 9.79. The molecule has 0 aliphatic carbocycles. The molecule has 1 aromatic heterocycles. The first kappa shape index (κ1) is 14.4. The number of aromatic nitrogens is 2. The van der Waals surface area contributed by atoms with Crippen LogP contribution in [0.15, 0.2) is 0 Å². The second-order valence-corrected chi connectivity index (χ2v) is 4.74. The van der Waals surface area contributed by atoms with Crippen molar-refractivity contribution in [1.29, 1.82) is 5.26 Å². The van der Waals surface area contributed by atoms with Crippen LogP contribution in [0, 0.1) is 18.3 Å². The fourth-order valence-corrected chi connectivity index (χ4v) is 2.03. The molecule has 0 atom stereocenters. The highest BCUT2D eigenvalue weighted by atomic mass is 15.4. The second-order valence-electron chi connectivity index (χ2n) is 4.74. The molecule has 0 spiro atoms. The molecule has 100 valence electrons. The molecular weight excluding hydrogens is 226 g/mol. The first-order valence-corrected chi connectivity index (χ1v) is 6.49. The van der Waals surface area contributed by atoms with Gasteiger partial charge in [0.2, 0.25) is 0 Å². The summed E-state index contributed by atoms with van der Waals surface area (Å²) in [7, 11) is 0. The minimum absolute atomic E-state index is 0.298. The van der Waals surface area contributed by atoms with Crippen molar-refractivity contribution in [2.24, 2.45) is 0 Å². The van der Waals surface area contributed by atoms with Crippen LogP contribution >= 0.6 is 0 Å². The SMILES string of the molecule is CCCn1nc(C)c(N)c1N(CCC#N)C(C)C. The van der Waals surface area contributed by atoms with Crippen LogP contribution in [0.25, 0.3) is 0 Å². The summed E-state index contributed by atoms with van der Waals surface area (Å²) in [5.74, 6) is 0.958. The third-order valence-corrected chi connectivity index (χ3v) is 2.94. The van der Waals surface area contributed by atoms with Crippen LogP contribution in [-0.4, -0.2) is 22.4 Å². The van der Waals surface area contributed by atoms with Crippen LogP contribution in [-0.2, 0) is 6.54 Å². The zero-order chi connectivity index (χ0) is 13.7. The van der Waals surface area contributed by atoms with Gasteiger partial charge in [0.1, 0.15) is 0 Å². The number of aryl methyl sites for hydroxylation is 2. The van der Waals surface area contributed by atoms with Gasteiger partial charge in [-0.3, -0.25) is 0 Å². The van der Waals surface area contributed by atoms with E-state index >= 15 is 0 Å². The van der Waals surface area contributed by atoms with E-state index in [4.69, 9.17) is 11.0 Å². The average Bonchev–Trinajstić information content (AvgIpc) is 2.57. The van der Waals surface area contributed by atoms with Crippen molar-refractivity contribution in [2.75, 3.05) is 17.2 Å². The lowest BCUT2D eigenvalue weighted by Crippen LogP contribution is -2.34. The molecular formula is C13H23N5. The molecule has 1 aromatic rings. The van der Waals surface area contributed by atoms with Gasteiger partial charge in [0.25, 0.3) is 0 Å². The lowest BCUT2D eigenvalue weighted by Gasteiger charge is -2.29. The van der Waals surface area contributed by atoms with Crippen molar-refractivity contribution >= 4 is 11.5 Å². The highest BCUT2D eigenvalue weighted by Crippen LogP contribution is 2.28. The largest absolute Gasteiger partial charge is 0.394 e. The maximum Gasteiger partial charge on any atom is 0.150 e. The van der Waals surface area contributed by atoms with E-state index in [-0.39, 0.29) is 0 Å². The molecule has 0 radical (unpaired) electrons. The van der Waals surface area contributed by atoms with E-state index < -0.39 is 0 Å². The summed E-state index contributed by atoms with van der Waals surface area (Å²) < 4.78 is 1.96. The summed E-state index contributed by atoms with van der Waals surface area (Å²) in [5, 5.41) is 13.2. The van der Waals surface area contributed by atoms with E-state index in [1.54, 1.807) is 0 Å². The molecule has 0 aliphatic rings. The molecule has 0 amide bonds. The van der Waals surface area contributed by atoms with E-state index in [9.17, 15) is 0 Å². The van der Waals surface area contributed by atoms with Gasteiger partial charge in [0.05, 0.1) is 23.9 Å². The van der Waals surface area contributed by atoms with Crippen molar-refractivity contribution in [2.45, 2.75) is 53.1 Å². The van der Waals surface area contributed by atoms with E-state index in [1.807, 2.05) is 11.6 Å². The van der Waals surface area contributed by atoms with E-state index in [1.165, 1.54) is 0 Å². The Bertz CT molecular complexity index is 427. The topological polar surface area (TPSA) is 70.9 Å². The van der Waals surface area contributed by atoms with Crippen molar-refractivity contribution in [3.05, 3.63) is 5.69 Å². The van der Waals surface area contributed by atoms with Gasteiger partial charge >= 0.3 is 0 Å². The zero-order valence-electron chi connectivity index (χ0n) is 11.8. The van der Waals surface area contributed by atoms with Crippen LogP contribution in [0.1, 0.15) is 39.3 Å². The Balaban J connectivity index is 3.13. The van der Waals surface area contributed by atoms with Gasteiger partial charge in [-0.1, -0.05) is 6.92 Å². The molecule has 0 fully saturated rings. The molecule has 2 N–H and O–H groups in total. The fourth-order valence-electron chi connectivity index (χ4n) is 2.03. The number of anilines is 2. The maximum atomic E-state index is 8.76. The van der Waals surface area contributed by atoms with E-state index in [0.29, 0.717) is 19.0 Å². The van der Waals surface area contributed by atoms with Gasteiger partial charge in [-0.05, 0) is 27.2 Å². The number of nitriles is 1. The average molecular weight is 249 g/mol. The molecule has 5 heteroatoms. The predicted molar refractivity (Wildman–Crippen MR) is 74.4 cm³/mol. The Hall–Kier alpha value is -1.70. The Morgan fingerprint density at radius 3 is 2.67 bits per heavy atom.